The molecule has 2 heterocycles. The Labute approximate surface area is 206 Å². The molecule has 1 aliphatic rings. The van der Waals surface area contributed by atoms with Crippen LogP contribution < -0.4 is 5.32 Å². The Morgan fingerprint density at radius 2 is 1.51 bits per heavy atom. The third-order valence-corrected chi connectivity index (χ3v) is 6.63. The normalized spacial score (nSPS) is 15.2. The number of carbonyl (C=O) groups excluding carboxylic acids is 2. The van der Waals surface area contributed by atoms with Crippen molar-refractivity contribution in [3.8, 4) is 5.69 Å². The number of rotatable bonds is 7. The van der Waals surface area contributed by atoms with E-state index in [9.17, 15) is 9.59 Å². The van der Waals surface area contributed by atoms with E-state index in [2.05, 4.69) is 17.4 Å². The molecule has 4 aromatic rings. The Morgan fingerprint density at radius 3 is 2.34 bits per heavy atom. The van der Waals surface area contributed by atoms with Crippen LogP contribution in [0.1, 0.15) is 34.3 Å². The van der Waals surface area contributed by atoms with Gasteiger partial charge in [-0.05, 0) is 67.1 Å². The largest absolute Gasteiger partial charge is 0.327 e. The second-order valence-corrected chi connectivity index (χ2v) is 8.90. The molecule has 1 aromatic heterocycles. The van der Waals surface area contributed by atoms with Gasteiger partial charge in [-0.1, -0.05) is 60.7 Å². The van der Waals surface area contributed by atoms with Gasteiger partial charge in [0.15, 0.2) is 0 Å². The molecule has 3 aromatic carbocycles. The van der Waals surface area contributed by atoms with Crippen LogP contribution in [0.15, 0.2) is 103 Å². The smallest absolute Gasteiger partial charge is 0.254 e. The number of nitrogens with zero attached hydrogens (tertiary/aromatic N) is 2. The van der Waals surface area contributed by atoms with Crippen molar-refractivity contribution in [3.05, 3.63) is 120 Å². The first-order chi connectivity index (χ1) is 17.2. The van der Waals surface area contributed by atoms with Crippen LogP contribution in [-0.4, -0.2) is 33.9 Å². The molecule has 0 spiro atoms. The molecule has 2 amide bonds. The number of benzene rings is 3. The Hall–Kier alpha value is -4.12. The first kappa shape index (κ1) is 22.7. The molecule has 0 unspecified atom stereocenters. The minimum Gasteiger partial charge on any atom is -0.327 e. The molecule has 5 rings (SSSR count). The van der Waals surface area contributed by atoms with E-state index in [1.54, 1.807) is 4.90 Å². The lowest BCUT2D eigenvalue weighted by Crippen LogP contribution is -2.43. The van der Waals surface area contributed by atoms with Gasteiger partial charge in [-0.2, -0.15) is 0 Å². The topological polar surface area (TPSA) is 54.3 Å². The Balaban J connectivity index is 1.33. The zero-order valence-electron chi connectivity index (χ0n) is 19.6. The number of hydrogen-bond acceptors (Lipinski definition) is 2. The maximum absolute atomic E-state index is 13.6. The molecule has 1 atom stereocenters. The number of nitrogens with one attached hydrogen (secondary N) is 1. The highest BCUT2D eigenvalue weighted by atomic mass is 16.2. The number of aryl methyl sites for hydroxylation is 2. The minimum atomic E-state index is -0.484. The second-order valence-electron chi connectivity index (χ2n) is 8.90. The molecule has 5 nitrogen and oxygen atoms in total. The molecule has 176 valence electrons. The summed E-state index contributed by atoms with van der Waals surface area (Å²) in [5, 5.41) is 3.08. The summed E-state index contributed by atoms with van der Waals surface area (Å²) in [4.78, 5) is 28.8. The minimum absolute atomic E-state index is 0.0648. The van der Waals surface area contributed by atoms with E-state index in [4.69, 9.17) is 0 Å². The van der Waals surface area contributed by atoms with Crippen molar-refractivity contribution in [2.45, 2.75) is 31.7 Å². The van der Waals surface area contributed by atoms with Crippen molar-refractivity contribution >= 4 is 17.5 Å². The van der Waals surface area contributed by atoms with Gasteiger partial charge in [0.25, 0.3) is 5.91 Å². The van der Waals surface area contributed by atoms with Crippen LogP contribution >= 0.6 is 0 Å². The van der Waals surface area contributed by atoms with Gasteiger partial charge >= 0.3 is 0 Å². The molecular formula is C30H29N3O2. The number of hydrogen-bond donors (Lipinski definition) is 1. The van der Waals surface area contributed by atoms with E-state index in [-0.39, 0.29) is 11.8 Å². The van der Waals surface area contributed by atoms with Gasteiger partial charge in [0.1, 0.15) is 6.04 Å². The third kappa shape index (κ3) is 5.04. The summed E-state index contributed by atoms with van der Waals surface area (Å²) in [5.41, 5.74) is 4.58. The Bertz CT molecular complexity index is 1300. The van der Waals surface area contributed by atoms with Gasteiger partial charge in [-0.15, -0.1) is 0 Å². The lowest BCUT2D eigenvalue weighted by molar-refractivity contribution is -0.119. The summed E-state index contributed by atoms with van der Waals surface area (Å²) < 4.78 is 1.97. The summed E-state index contributed by atoms with van der Waals surface area (Å²) in [6, 6.07) is 29.2. The number of amides is 2. The quantitative estimate of drug-likeness (QED) is 0.393. The molecule has 0 saturated carbocycles. The van der Waals surface area contributed by atoms with Crippen molar-refractivity contribution in [1.82, 2.24) is 9.47 Å². The number of likely N-dealkylation sites (tertiary alicyclic amines) is 1. The maximum atomic E-state index is 13.6. The first-order valence-corrected chi connectivity index (χ1v) is 12.2. The first-order valence-electron chi connectivity index (χ1n) is 12.2. The van der Waals surface area contributed by atoms with Crippen LogP contribution in [0.4, 0.5) is 5.69 Å². The molecule has 1 saturated heterocycles. The highest BCUT2D eigenvalue weighted by Crippen LogP contribution is 2.26. The van der Waals surface area contributed by atoms with Crippen molar-refractivity contribution in [3.63, 3.8) is 0 Å². The number of anilines is 1. The van der Waals surface area contributed by atoms with Crippen LogP contribution in [0, 0.1) is 0 Å². The molecule has 1 fully saturated rings. The van der Waals surface area contributed by atoms with E-state index in [1.165, 1.54) is 5.56 Å². The summed E-state index contributed by atoms with van der Waals surface area (Å²) in [6.45, 7) is 0.586. The van der Waals surface area contributed by atoms with E-state index >= 15 is 0 Å². The van der Waals surface area contributed by atoms with Crippen LogP contribution in [-0.2, 0) is 17.6 Å². The SMILES string of the molecule is O=C(Nc1ccccc1-n1cccc1)[C@@H]1CCCN1C(=O)c1ccccc1CCc1ccccc1. The van der Waals surface area contributed by atoms with Crippen molar-refractivity contribution in [2.75, 3.05) is 11.9 Å². The Morgan fingerprint density at radius 1 is 0.800 bits per heavy atom. The monoisotopic (exact) mass is 463 g/mol. The molecule has 0 aliphatic carbocycles. The van der Waals surface area contributed by atoms with E-state index < -0.39 is 6.04 Å². The second kappa shape index (κ2) is 10.4. The van der Waals surface area contributed by atoms with Gasteiger partial charge in [0.2, 0.25) is 5.91 Å². The fraction of sp³-hybridized carbons (Fsp3) is 0.200. The molecule has 1 N–H and O–H groups in total. The Kier molecular flexibility index (Phi) is 6.75. The third-order valence-electron chi connectivity index (χ3n) is 6.63. The lowest BCUT2D eigenvalue weighted by atomic mass is 9.98. The van der Waals surface area contributed by atoms with Crippen molar-refractivity contribution in [2.24, 2.45) is 0 Å². The molecule has 1 aliphatic heterocycles. The fourth-order valence-corrected chi connectivity index (χ4v) is 4.82. The highest BCUT2D eigenvalue weighted by molar-refractivity contribution is 6.02. The number of para-hydroxylation sites is 2. The standard InChI is InChI=1S/C30H29N3O2/c34-29(31-26-15-6-7-16-27(26)32-20-8-9-21-32)28-17-10-22-33(28)30(35)25-14-5-4-13-24(25)19-18-23-11-2-1-3-12-23/h1-9,11-16,20-21,28H,10,17-19,22H2,(H,31,34)/t28-/m0/s1. The summed E-state index contributed by atoms with van der Waals surface area (Å²) >= 11 is 0. The van der Waals surface area contributed by atoms with Gasteiger partial charge in [-0.25, -0.2) is 0 Å². The maximum Gasteiger partial charge on any atom is 0.254 e. The summed E-state index contributed by atoms with van der Waals surface area (Å²) in [6.07, 6.45) is 7.02. The summed E-state index contributed by atoms with van der Waals surface area (Å²) in [5.74, 6) is -0.206. The van der Waals surface area contributed by atoms with E-state index in [0.717, 1.165) is 36.2 Å². The molecule has 5 heteroatoms. The predicted octanol–water partition coefficient (Wildman–Crippen LogP) is 5.51. The van der Waals surface area contributed by atoms with Crippen LogP contribution in [0.2, 0.25) is 0 Å². The van der Waals surface area contributed by atoms with Crippen LogP contribution in [0.25, 0.3) is 5.69 Å². The fourth-order valence-electron chi connectivity index (χ4n) is 4.82. The summed E-state index contributed by atoms with van der Waals surface area (Å²) in [7, 11) is 0. The average Bonchev–Trinajstić information content (AvgIpc) is 3.61. The van der Waals surface area contributed by atoms with Crippen molar-refractivity contribution < 1.29 is 9.59 Å². The van der Waals surface area contributed by atoms with Gasteiger partial charge in [0.05, 0.1) is 11.4 Å². The molecular weight excluding hydrogens is 434 g/mol. The molecule has 0 radical (unpaired) electrons. The number of carbonyl (C=O) groups is 2. The number of aromatic nitrogens is 1. The van der Waals surface area contributed by atoms with E-state index in [1.807, 2.05) is 95.8 Å². The predicted molar refractivity (Wildman–Crippen MR) is 139 cm³/mol. The lowest BCUT2D eigenvalue weighted by Gasteiger charge is -2.25. The highest BCUT2D eigenvalue weighted by Gasteiger charge is 2.35. The molecule has 0 bridgehead atoms. The van der Waals surface area contributed by atoms with E-state index in [0.29, 0.717) is 18.5 Å². The van der Waals surface area contributed by atoms with Gasteiger partial charge in [0, 0.05) is 24.5 Å². The zero-order chi connectivity index (χ0) is 24.0. The van der Waals surface area contributed by atoms with Crippen LogP contribution in [0.5, 0.6) is 0 Å². The van der Waals surface area contributed by atoms with Gasteiger partial charge in [-0.3, -0.25) is 9.59 Å². The van der Waals surface area contributed by atoms with Crippen molar-refractivity contribution in [1.29, 1.82) is 0 Å². The molecule has 35 heavy (non-hydrogen) atoms. The average molecular weight is 464 g/mol. The van der Waals surface area contributed by atoms with Gasteiger partial charge < -0.3 is 14.8 Å². The zero-order valence-corrected chi connectivity index (χ0v) is 19.6. The van der Waals surface area contributed by atoms with Crippen LogP contribution in [0.3, 0.4) is 0 Å².